The van der Waals surface area contributed by atoms with E-state index in [-0.39, 0.29) is 5.56 Å². The van der Waals surface area contributed by atoms with Crippen molar-refractivity contribution in [3.63, 3.8) is 0 Å². The van der Waals surface area contributed by atoms with Gasteiger partial charge in [0.05, 0.1) is 11.0 Å². The van der Waals surface area contributed by atoms with Crippen LogP contribution in [0.15, 0.2) is 58.4 Å². The first-order valence-electron chi connectivity index (χ1n) is 6.13. The van der Waals surface area contributed by atoms with Gasteiger partial charge in [-0.2, -0.15) is 0 Å². The number of nitrogens with one attached hydrogen (secondary N) is 1. The molecule has 0 bridgehead atoms. The molecule has 114 valence electrons. The lowest BCUT2D eigenvalue weighted by atomic mass is 10.2. The zero-order valence-corrected chi connectivity index (χ0v) is 14.3. The number of benzene rings is 2. The van der Waals surface area contributed by atoms with Crippen molar-refractivity contribution < 1.29 is 13.2 Å². The molecule has 2 aromatic rings. The monoisotopic (exact) mass is 399 g/mol. The molecular weight excluding hydrogens is 390 g/mol. The molecule has 0 heterocycles. The Morgan fingerprint density at radius 1 is 1.14 bits per heavy atom. The van der Waals surface area contributed by atoms with Gasteiger partial charge in [0, 0.05) is 9.50 Å². The van der Waals surface area contributed by atoms with Gasteiger partial charge in [-0.25, -0.2) is 13.1 Å². The topological polar surface area (TPSA) is 63.2 Å². The third-order valence-electron chi connectivity index (χ3n) is 2.65. The van der Waals surface area contributed by atoms with Crippen LogP contribution in [0.2, 0.25) is 5.02 Å². The Kier molecular flexibility index (Phi) is 5.39. The second-order valence-corrected chi connectivity index (χ2v) is 7.17. The van der Waals surface area contributed by atoms with Crippen LogP contribution in [0, 0.1) is 0 Å². The number of carbonyl (C=O) groups excluding carboxylic acids is 1. The van der Waals surface area contributed by atoms with Gasteiger partial charge in [-0.1, -0.05) is 41.9 Å². The predicted molar refractivity (Wildman–Crippen MR) is 91.0 cm³/mol. The fourth-order valence-corrected chi connectivity index (χ4v) is 2.99. The fraction of sp³-hybridized carbons (Fsp3) is 0. The van der Waals surface area contributed by atoms with Crippen molar-refractivity contribution in [1.29, 1.82) is 0 Å². The quantitative estimate of drug-likeness (QED) is 0.848. The van der Waals surface area contributed by atoms with Gasteiger partial charge in [0.25, 0.3) is 15.9 Å². The summed E-state index contributed by atoms with van der Waals surface area (Å²) < 4.78 is 26.3. The summed E-state index contributed by atoms with van der Waals surface area (Å²) in [6, 6.07) is 13.4. The molecule has 0 atom stereocenters. The molecule has 0 unspecified atom stereocenters. The second-order valence-electron chi connectivity index (χ2n) is 4.31. The summed E-state index contributed by atoms with van der Waals surface area (Å²) in [5.41, 5.74) is 0.855. The normalized spacial score (nSPS) is 11.5. The lowest BCUT2D eigenvalue weighted by molar-refractivity contribution is 0.0981. The Morgan fingerprint density at radius 2 is 1.82 bits per heavy atom. The van der Waals surface area contributed by atoms with E-state index in [2.05, 4.69) is 15.9 Å². The Morgan fingerprint density at radius 3 is 2.50 bits per heavy atom. The van der Waals surface area contributed by atoms with E-state index in [4.69, 9.17) is 11.6 Å². The SMILES string of the molecule is O=C(NS(=O)(=O)/C=C/c1ccccc1)c1cc(Cl)ccc1Br. The van der Waals surface area contributed by atoms with E-state index in [9.17, 15) is 13.2 Å². The molecule has 0 aliphatic carbocycles. The Hall–Kier alpha value is -1.63. The van der Waals surface area contributed by atoms with Crippen molar-refractivity contribution in [2.75, 3.05) is 0 Å². The largest absolute Gasteiger partial charge is 0.268 e. The molecule has 0 fully saturated rings. The van der Waals surface area contributed by atoms with Gasteiger partial charge in [0.1, 0.15) is 0 Å². The van der Waals surface area contributed by atoms with Gasteiger partial charge in [-0.05, 0) is 45.8 Å². The number of rotatable bonds is 4. The molecule has 0 radical (unpaired) electrons. The van der Waals surface area contributed by atoms with Gasteiger partial charge in [-0.3, -0.25) is 4.79 Å². The van der Waals surface area contributed by atoms with Gasteiger partial charge >= 0.3 is 0 Å². The Balaban J connectivity index is 2.16. The van der Waals surface area contributed by atoms with Crippen LogP contribution in [-0.4, -0.2) is 14.3 Å². The summed E-state index contributed by atoms with van der Waals surface area (Å²) >= 11 is 8.99. The maximum absolute atomic E-state index is 12.0. The highest BCUT2D eigenvalue weighted by Crippen LogP contribution is 2.21. The smallest absolute Gasteiger partial charge is 0.266 e. The maximum Gasteiger partial charge on any atom is 0.266 e. The first kappa shape index (κ1) is 16.7. The van der Waals surface area contributed by atoms with Crippen LogP contribution >= 0.6 is 27.5 Å². The highest BCUT2D eigenvalue weighted by Gasteiger charge is 2.16. The van der Waals surface area contributed by atoms with Crippen molar-refractivity contribution in [2.24, 2.45) is 0 Å². The summed E-state index contributed by atoms with van der Waals surface area (Å²) in [7, 11) is -3.90. The number of amides is 1. The number of halogens is 2. The van der Waals surface area contributed by atoms with Crippen molar-refractivity contribution >= 4 is 49.5 Å². The van der Waals surface area contributed by atoms with Crippen molar-refractivity contribution in [1.82, 2.24) is 4.72 Å². The molecular formula is C15H11BrClNO3S. The molecule has 0 aliphatic heterocycles. The lowest BCUT2D eigenvalue weighted by Crippen LogP contribution is -2.29. The Labute approximate surface area is 142 Å². The van der Waals surface area contributed by atoms with E-state index in [0.717, 1.165) is 5.41 Å². The molecule has 0 saturated heterocycles. The van der Waals surface area contributed by atoms with Crippen LogP contribution in [0.25, 0.3) is 6.08 Å². The molecule has 1 amide bonds. The minimum Gasteiger partial charge on any atom is -0.268 e. The van der Waals surface area contributed by atoms with Crippen LogP contribution in [-0.2, 0) is 10.0 Å². The average molecular weight is 401 g/mol. The first-order chi connectivity index (χ1) is 10.4. The van der Waals surface area contributed by atoms with Crippen molar-refractivity contribution in [3.05, 3.63) is 74.6 Å². The van der Waals surface area contributed by atoms with E-state index in [1.54, 1.807) is 36.4 Å². The molecule has 0 saturated carbocycles. The third kappa shape index (κ3) is 4.69. The van der Waals surface area contributed by atoms with E-state index < -0.39 is 15.9 Å². The average Bonchev–Trinajstić information content (AvgIpc) is 2.48. The number of sulfonamides is 1. The van der Waals surface area contributed by atoms with Crippen LogP contribution in [0.1, 0.15) is 15.9 Å². The minimum atomic E-state index is -3.90. The van der Waals surface area contributed by atoms with Crippen LogP contribution < -0.4 is 4.72 Å². The number of hydrogen-bond acceptors (Lipinski definition) is 3. The number of carbonyl (C=O) groups is 1. The summed E-state index contributed by atoms with van der Waals surface area (Å²) in [5, 5.41) is 1.28. The second kappa shape index (κ2) is 7.09. The molecule has 0 aromatic heterocycles. The molecule has 0 spiro atoms. The fourth-order valence-electron chi connectivity index (χ4n) is 1.62. The molecule has 4 nitrogen and oxygen atoms in total. The van der Waals surface area contributed by atoms with E-state index >= 15 is 0 Å². The zero-order chi connectivity index (χ0) is 16.2. The van der Waals surface area contributed by atoms with E-state index in [1.807, 2.05) is 10.8 Å². The van der Waals surface area contributed by atoms with Gasteiger partial charge in [0.15, 0.2) is 0 Å². The standard InChI is InChI=1S/C15H11BrClNO3S/c16-14-7-6-12(17)10-13(14)15(19)18-22(20,21)9-8-11-4-2-1-3-5-11/h1-10H,(H,18,19)/b9-8+. The highest BCUT2D eigenvalue weighted by molar-refractivity contribution is 9.10. The maximum atomic E-state index is 12.0. The minimum absolute atomic E-state index is 0.143. The highest BCUT2D eigenvalue weighted by atomic mass is 79.9. The van der Waals surface area contributed by atoms with Gasteiger partial charge in [-0.15, -0.1) is 0 Å². The molecule has 7 heteroatoms. The molecule has 0 aliphatic rings. The summed E-state index contributed by atoms with van der Waals surface area (Å²) in [6.07, 6.45) is 1.41. The number of hydrogen-bond donors (Lipinski definition) is 1. The molecule has 22 heavy (non-hydrogen) atoms. The van der Waals surface area contributed by atoms with Crippen molar-refractivity contribution in [3.8, 4) is 0 Å². The summed E-state index contributed by atoms with van der Waals surface area (Å²) in [6.45, 7) is 0. The third-order valence-corrected chi connectivity index (χ3v) is 4.54. The van der Waals surface area contributed by atoms with E-state index in [0.29, 0.717) is 15.1 Å². The van der Waals surface area contributed by atoms with Crippen LogP contribution in [0.3, 0.4) is 0 Å². The predicted octanol–water partition coefficient (Wildman–Crippen LogP) is 3.83. The van der Waals surface area contributed by atoms with Gasteiger partial charge < -0.3 is 0 Å². The zero-order valence-electron chi connectivity index (χ0n) is 11.2. The first-order valence-corrected chi connectivity index (χ1v) is 8.84. The Bertz CT molecular complexity index is 820. The van der Waals surface area contributed by atoms with Crippen LogP contribution in [0.5, 0.6) is 0 Å². The molecule has 1 N–H and O–H groups in total. The van der Waals surface area contributed by atoms with Crippen molar-refractivity contribution in [2.45, 2.75) is 0 Å². The lowest BCUT2D eigenvalue weighted by Gasteiger charge is -2.06. The molecule has 2 aromatic carbocycles. The van der Waals surface area contributed by atoms with E-state index in [1.165, 1.54) is 12.1 Å². The summed E-state index contributed by atoms with van der Waals surface area (Å²) in [4.78, 5) is 12.0. The van der Waals surface area contributed by atoms with Crippen LogP contribution in [0.4, 0.5) is 0 Å². The molecule has 2 rings (SSSR count). The summed E-state index contributed by atoms with van der Waals surface area (Å²) in [5.74, 6) is -0.757. The van der Waals surface area contributed by atoms with Gasteiger partial charge in [0.2, 0.25) is 0 Å².